The number of hydrogen-bond donors (Lipinski definition) is 3. The minimum atomic E-state index is -0.358. The van der Waals surface area contributed by atoms with Gasteiger partial charge in [-0.05, 0) is 18.9 Å². The number of nitrogens with zero attached hydrogens (tertiary/aromatic N) is 1. The third-order valence-corrected chi connectivity index (χ3v) is 2.52. The Bertz CT molecular complexity index is 434. The van der Waals surface area contributed by atoms with Gasteiger partial charge in [0.25, 0.3) is 5.91 Å². The first-order chi connectivity index (χ1) is 9.15. The van der Waals surface area contributed by atoms with E-state index in [1.807, 2.05) is 6.92 Å². The van der Waals surface area contributed by atoms with Gasteiger partial charge < -0.3 is 16.4 Å². The summed E-state index contributed by atoms with van der Waals surface area (Å²) in [4.78, 5) is 26.6. The highest BCUT2D eigenvalue weighted by atomic mass is 16.2. The largest absolute Gasteiger partial charge is 0.383 e. The maximum Gasteiger partial charge on any atom is 0.253 e. The van der Waals surface area contributed by atoms with E-state index in [-0.39, 0.29) is 18.2 Å². The summed E-state index contributed by atoms with van der Waals surface area (Å²) in [5.74, 6) is -0.533. The molecule has 0 saturated carbocycles. The molecule has 0 aliphatic carbocycles. The average Bonchev–Trinajstić information content (AvgIpc) is 2.41. The Hall–Kier alpha value is -2.11. The van der Waals surface area contributed by atoms with Crippen LogP contribution in [0.1, 0.15) is 36.5 Å². The SMILES string of the molecule is CCCNc1cnccc1C(=O)NCCCC(N)=O. The lowest BCUT2D eigenvalue weighted by Gasteiger charge is -2.10. The molecule has 0 aliphatic heterocycles. The molecule has 1 aromatic heterocycles. The molecule has 0 aliphatic rings. The first-order valence-electron chi connectivity index (χ1n) is 6.39. The normalized spacial score (nSPS) is 9.95. The summed E-state index contributed by atoms with van der Waals surface area (Å²) in [6.07, 6.45) is 5.00. The van der Waals surface area contributed by atoms with Crippen LogP contribution in [0, 0.1) is 0 Å². The molecule has 2 amide bonds. The topological polar surface area (TPSA) is 97.1 Å². The van der Waals surface area contributed by atoms with Crippen LogP contribution in [0.25, 0.3) is 0 Å². The first kappa shape index (κ1) is 14.9. The predicted octanol–water partition coefficient (Wildman–Crippen LogP) is 0.899. The highest BCUT2D eigenvalue weighted by Crippen LogP contribution is 2.13. The van der Waals surface area contributed by atoms with E-state index in [4.69, 9.17) is 5.73 Å². The summed E-state index contributed by atoms with van der Waals surface area (Å²) < 4.78 is 0. The fourth-order valence-electron chi connectivity index (χ4n) is 1.55. The van der Waals surface area contributed by atoms with E-state index < -0.39 is 0 Å². The molecule has 19 heavy (non-hydrogen) atoms. The van der Waals surface area contributed by atoms with E-state index in [9.17, 15) is 9.59 Å². The van der Waals surface area contributed by atoms with E-state index in [1.165, 1.54) is 0 Å². The summed E-state index contributed by atoms with van der Waals surface area (Å²) in [6, 6.07) is 1.67. The molecule has 6 nitrogen and oxygen atoms in total. The summed E-state index contributed by atoms with van der Waals surface area (Å²) in [5.41, 5.74) is 6.31. The molecule has 6 heteroatoms. The molecular formula is C13H20N4O2. The fourth-order valence-corrected chi connectivity index (χ4v) is 1.55. The Morgan fingerprint density at radius 3 is 2.84 bits per heavy atom. The maximum atomic E-state index is 12.0. The Kier molecular flexibility index (Phi) is 6.35. The van der Waals surface area contributed by atoms with Crippen molar-refractivity contribution in [2.45, 2.75) is 26.2 Å². The zero-order valence-corrected chi connectivity index (χ0v) is 11.1. The lowest BCUT2D eigenvalue weighted by atomic mass is 10.2. The third kappa shape index (κ3) is 5.37. The van der Waals surface area contributed by atoms with Crippen LogP contribution in [0.2, 0.25) is 0 Å². The Morgan fingerprint density at radius 2 is 2.16 bits per heavy atom. The number of carbonyl (C=O) groups excluding carboxylic acids is 2. The van der Waals surface area contributed by atoms with Gasteiger partial charge >= 0.3 is 0 Å². The molecule has 0 atom stereocenters. The van der Waals surface area contributed by atoms with Gasteiger partial charge in [-0.15, -0.1) is 0 Å². The van der Waals surface area contributed by atoms with Crippen molar-refractivity contribution in [2.75, 3.05) is 18.4 Å². The highest BCUT2D eigenvalue weighted by molar-refractivity contribution is 5.99. The lowest BCUT2D eigenvalue weighted by molar-refractivity contribution is -0.118. The molecule has 1 aromatic rings. The quantitative estimate of drug-likeness (QED) is 0.608. The van der Waals surface area contributed by atoms with Gasteiger partial charge in [0, 0.05) is 25.7 Å². The van der Waals surface area contributed by atoms with Gasteiger partial charge in [-0.25, -0.2) is 0 Å². The zero-order chi connectivity index (χ0) is 14.1. The Morgan fingerprint density at radius 1 is 1.37 bits per heavy atom. The molecule has 0 bridgehead atoms. The van der Waals surface area contributed by atoms with Crippen molar-refractivity contribution < 1.29 is 9.59 Å². The minimum Gasteiger partial charge on any atom is -0.383 e. The van der Waals surface area contributed by atoms with Crippen LogP contribution in [0.15, 0.2) is 18.5 Å². The predicted molar refractivity (Wildman–Crippen MR) is 73.8 cm³/mol. The lowest BCUT2D eigenvalue weighted by Crippen LogP contribution is -2.26. The fraction of sp³-hybridized carbons (Fsp3) is 0.462. The van der Waals surface area contributed by atoms with Crippen molar-refractivity contribution in [1.29, 1.82) is 0 Å². The van der Waals surface area contributed by atoms with Crippen molar-refractivity contribution >= 4 is 17.5 Å². The molecule has 1 heterocycles. The van der Waals surface area contributed by atoms with E-state index in [1.54, 1.807) is 18.5 Å². The van der Waals surface area contributed by atoms with Gasteiger partial charge in [-0.2, -0.15) is 0 Å². The second-order valence-electron chi connectivity index (χ2n) is 4.17. The number of aromatic nitrogens is 1. The van der Waals surface area contributed by atoms with E-state index in [0.717, 1.165) is 18.7 Å². The molecule has 0 fully saturated rings. The van der Waals surface area contributed by atoms with Crippen molar-refractivity contribution in [3.63, 3.8) is 0 Å². The second kappa shape index (κ2) is 8.07. The average molecular weight is 264 g/mol. The van der Waals surface area contributed by atoms with Crippen LogP contribution in [0.3, 0.4) is 0 Å². The molecule has 0 unspecified atom stereocenters. The summed E-state index contributed by atoms with van der Waals surface area (Å²) in [7, 11) is 0. The summed E-state index contributed by atoms with van der Waals surface area (Å²) in [6.45, 7) is 3.26. The number of carbonyl (C=O) groups is 2. The van der Waals surface area contributed by atoms with Crippen molar-refractivity contribution in [1.82, 2.24) is 10.3 Å². The van der Waals surface area contributed by atoms with Crippen LogP contribution in [-0.2, 0) is 4.79 Å². The standard InChI is InChI=1S/C13H20N4O2/c1-2-6-16-11-9-15-8-5-10(11)13(19)17-7-3-4-12(14)18/h5,8-9,16H,2-4,6-7H2,1H3,(H2,14,18)(H,17,19). The van der Waals surface area contributed by atoms with E-state index in [0.29, 0.717) is 18.5 Å². The third-order valence-electron chi connectivity index (χ3n) is 2.52. The number of primary amides is 1. The van der Waals surface area contributed by atoms with Crippen molar-refractivity contribution in [3.8, 4) is 0 Å². The van der Waals surface area contributed by atoms with Crippen LogP contribution in [0.4, 0.5) is 5.69 Å². The number of pyridine rings is 1. The summed E-state index contributed by atoms with van der Waals surface area (Å²) >= 11 is 0. The number of anilines is 1. The monoisotopic (exact) mass is 264 g/mol. The number of amides is 2. The molecule has 0 spiro atoms. The molecule has 104 valence electrons. The Balaban J connectivity index is 2.53. The molecule has 0 saturated heterocycles. The molecule has 0 aromatic carbocycles. The van der Waals surface area contributed by atoms with Crippen LogP contribution in [0.5, 0.6) is 0 Å². The van der Waals surface area contributed by atoms with Crippen molar-refractivity contribution in [2.24, 2.45) is 5.73 Å². The smallest absolute Gasteiger partial charge is 0.253 e. The number of nitrogens with one attached hydrogen (secondary N) is 2. The number of rotatable bonds is 8. The van der Waals surface area contributed by atoms with Gasteiger partial charge in [-0.1, -0.05) is 6.92 Å². The summed E-state index contributed by atoms with van der Waals surface area (Å²) in [5, 5.41) is 5.91. The van der Waals surface area contributed by atoms with Gasteiger partial charge in [0.2, 0.25) is 5.91 Å². The van der Waals surface area contributed by atoms with Gasteiger partial charge in [0.15, 0.2) is 0 Å². The molecule has 4 N–H and O–H groups in total. The molecule has 1 rings (SSSR count). The molecule has 0 radical (unpaired) electrons. The first-order valence-corrected chi connectivity index (χ1v) is 6.39. The van der Waals surface area contributed by atoms with Gasteiger partial charge in [-0.3, -0.25) is 14.6 Å². The molecular weight excluding hydrogens is 244 g/mol. The highest BCUT2D eigenvalue weighted by Gasteiger charge is 2.10. The number of nitrogens with two attached hydrogens (primary N) is 1. The maximum absolute atomic E-state index is 12.0. The minimum absolute atomic E-state index is 0.175. The second-order valence-corrected chi connectivity index (χ2v) is 4.17. The van der Waals surface area contributed by atoms with Gasteiger partial charge in [0.1, 0.15) is 0 Å². The van der Waals surface area contributed by atoms with E-state index >= 15 is 0 Å². The van der Waals surface area contributed by atoms with Gasteiger partial charge in [0.05, 0.1) is 17.4 Å². The van der Waals surface area contributed by atoms with Crippen LogP contribution < -0.4 is 16.4 Å². The number of hydrogen-bond acceptors (Lipinski definition) is 4. The Labute approximate surface area is 112 Å². The van der Waals surface area contributed by atoms with E-state index in [2.05, 4.69) is 15.6 Å². The van der Waals surface area contributed by atoms with Crippen molar-refractivity contribution in [3.05, 3.63) is 24.0 Å². The zero-order valence-electron chi connectivity index (χ0n) is 11.1. The van der Waals surface area contributed by atoms with Crippen LogP contribution >= 0.6 is 0 Å². The van der Waals surface area contributed by atoms with Crippen LogP contribution in [-0.4, -0.2) is 29.9 Å².